The molecular weight excluding hydrogens is 699 g/mol. The maximum absolute atomic E-state index is 14.4. The smallest absolute Gasteiger partial charge is 0.271 e. The zero-order valence-electron chi connectivity index (χ0n) is 29.2. The Morgan fingerprint density at radius 3 is 2.02 bits per heavy atom. The minimum atomic E-state index is -0.904. The molecule has 3 aliphatic rings. The maximum atomic E-state index is 14.4. The quantitative estimate of drug-likeness (QED) is 0.269. The molecule has 12 nitrogen and oxygen atoms in total. The summed E-state index contributed by atoms with van der Waals surface area (Å²) in [6.45, 7) is 6.22. The summed E-state index contributed by atoms with van der Waals surface area (Å²) in [4.78, 5) is 71.6. The highest BCUT2D eigenvalue weighted by molar-refractivity contribution is 7.10. The number of nitrogens with zero attached hydrogens (tertiary/aromatic N) is 4. The number of hydrogen-bond acceptors (Lipinski definition) is 10. The number of aromatic nitrogens is 2. The van der Waals surface area contributed by atoms with Gasteiger partial charge in [-0.15, -0.1) is 22.7 Å². The zero-order valence-corrected chi connectivity index (χ0v) is 30.8. The highest BCUT2D eigenvalue weighted by atomic mass is 32.1. The molecule has 270 valence electrons. The first-order valence-electron chi connectivity index (χ1n) is 17.6. The normalized spacial score (nSPS) is 25.4. The standard InChI is InChI=1S/C38H41N7O5S2/c1-21(2)30-37-42-28(20-52-37)32(46)39-25(17-23-11-6-4-7-12-23)36-41-27(19-51-36)33(47)40-26(18-24-13-8-5-9-14-24)38(49)45-16-10-15-29(45)35-44-31(22(3)50-35)34(48)43-30/h4-9,11-14,19-22,25-26,29-31H,10,15-18H2,1-3H3,(H,39,46)(H,40,47)(H,43,48)/t22-,25-,26-,29+,30-,31+/m1/s1. The molecule has 3 aliphatic heterocycles. The highest BCUT2D eigenvalue weighted by Gasteiger charge is 2.43. The molecule has 1 saturated heterocycles. The second-order valence-electron chi connectivity index (χ2n) is 13.7. The van der Waals surface area contributed by atoms with E-state index in [2.05, 4.69) is 20.9 Å². The third kappa shape index (κ3) is 7.63. The summed E-state index contributed by atoms with van der Waals surface area (Å²) in [5, 5.41) is 13.7. The Balaban J connectivity index is 1.27. The number of amides is 4. The molecule has 2 aromatic heterocycles. The zero-order chi connectivity index (χ0) is 36.4. The molecule has 52 heavy (non-hydrogen) atoms. The monoisotopic (exact) mass is 739 g/mol. The van der Waals surface area contributed by atoms with Crippen molar-refractivity contribution in [3.05, 3.63) is 104 Å². The van der Waals surface area contributed by atoms with Crippen LogP contribution in [-0.2, 0) is 27.2 Å². The van der Waals surface area contributed by atoms with Crippen LogP contribution in [0.5, 0.6) is 0 Å². The van der Waals surface area contributed by atoms with Crippen LogP contribution >= 0.6 is 22.7 Å². The molecule has 0 saturated carbocycles. The van der Waals surface area contributed by atoms with E-state index in [0.29, 0.717) is 35.3 Å². The lowest BCUT2D eigenvalue weighted by atomic mass is 10.0. The molecule has 3 N–H and O–H groups in total. The van der Waals surface area contributed by atoms with Gasteiger partial charge in [0.2, 0.25) is 17.7 Å². The van der Waals surface area contributed by atoms with Gasteiger partial charge in [0.1, 0.15) is 39.6 Å². The van der Waals surface area contributed by atoms with Gasteiger partial charge in [-0.2, -0.15) is 0 Å². The van der Waals surface area contributed by atoms with Crippen molar-refractivity contribution in [1.82, 2.24) is 30.8 Å². The number of carbonyl (C=O) groups excluding carboxylic acids is 4. The van der Waals surface area contributed by atoms with Gasteiger partial charge < -0.3 is 25.6 Å². The van der Waals surface area contributed by atoms with Gasteiger partial charge in [0.25, 0.3) is 11.8 Å². The third-order valence-corrected chi connectivity index (χ3v) is 11.5. The second-order valence-corrected chi connectivity index (χ2v) is 15.5. The van der Waals surface area contributed by atoms with Crippen molar-refractivity contribution in [2.45, 2.75) is 82.8 Å². The van der Waals surface area contributed by atoms with Crippen LogP contribution < -0.4 is 16.0 Å². The van der Waals surface area contributed by atoms with Gasteiger partial charge in [0.15, 0.2) is 6.04 Å². The fourth-order valence-corrected chi connectivity index (χ4v) is 8.72. The number of hydrogen-bond donors (Lipinski definition) is 3. The summed E-state index contributed by atoms with van der Waals surface area (Å²) in [6, 6.07) is 16.0. The van der Waals surface area contributed by atoms with Crippen LogP contribution in [0.4, 0.5) is 0 Å². The van der Waals surface area contributed by atoms with Gasteiger partial charge >= 0.3 is 0 Å². The SMILES string of the molecule is CC(C)[C@H]1NC(=O)[C@H]2N=C(O[C@@H]2C)[C@@H]2CCCN2C(=O)[C@@H](Cc2ccccc2)NC(=O)c2csc(n2)[C@@H](Cc2ccccc2)NC(=O)c2csc1n2. The summed E-state index contributed by atoms with van der Waals surface area (Å²) in [7, 11) is 0. The summed E-state index contributed by atoms with van der Waals surface area (Å²) in [6.07, 6.45) is 1.48. The first kappa shape index (κ1) is 35.5. The van der Waals surface area contributed by atoms with Crippen LogP contribution in [0.3, 0.4) is 0 Å². The number of benzene rings is 2. The highest BCUT2D eigenvalue weighted by Crippen LogP contribution is 2.30. The lowest BCUT2D eigenvalue weighted by molar-refractivity contribution is -0.133. The van der Waals surface area contributed by atoms with E-state index in [9.17, 15) is 19.2 Å². The topological polar surface area (TPSA) is 155 Å². The van der Waals surface area contributed by atoms with Crippen molar-refractivity contribution < 1.29 is 23.9 Å². The molecule has 0 aliphatic carbocycles. The van der Waals surface area contributed by atoms with E-state index in [4.69, 9.17) is 14.7 Å². The molecular formula is C38H41N7O5S2. The maximum Gasteiger partial charge on any atom is 0.271 e. The molecule has 1 fully saturated rings. The molecule has 0 unspecified atom stereocenters. The number of thiazole rings is 2. The molecule has 4 amide bonds. The first-order valence-corrected chi connectivity index (χ1v) is 19.4. The predicted octanol–water partition coefficient (Wildman–Crippen LogP) is 4.66. The van der Waals surface area contributed by atoms with Crippen molar-refractivity contribution in [1.29, 1.82) is 0 Å². The lowest BCUT2D eigenvalue weighted by Gasteiger charge is -2.29. The Labute approximate surface area is 310 Å². The van der Waals surface area contributed by atoms with Crippen molar-refractivity contribution >= 4 is 52.2 Å². The molecule has 6 atom stereocenters. The van der Waals surface area contributed by atoms with Crippen molar-refractivity contribution in [3.63, 3.8) is 0 Å². The summed E-state index contributed by atoms with van der Waals surface area (Å²) in [5.41, 5.74) is 2.24. The minimum absolute atomic E-state index is 0.0391. The van der Waals surface area contributed by atoms with E-state index in [1.807, 2.05) is 74.5 Å². The number of rotatable bonds is 5. The Morgan fingerprint density at radius 2 is 1.38 bits per heavy atom. The number of carbonyl (C=O) groups is 4. The van der Waals surface area contributed by atoms with E-state index in [0.717, 1.165) is 17.5 Å². The lowest BCUT2D eigenvalue weighted by Crippen LogP contribution is -2.52. The van der Waals surface area contributed by atoms with Crippen LogP contribution in [0.25, 0.3) is 0 Å². The first-order chi connectivity index (χ1) is 25.1. The molecule has 5 heterocycles. The second kappa shape index (κ2) is 15.3. The number of nitrogens with one attached hydrogen (secondary N) is 3. The molecule has 0 spiro atoms. The van der Waals surface area contributed by atoms with Gasteiger partial charge in [-0.3, -0.25) is 19.2 Å². The Morgan fingerprint density at radius 1 is 0.808 bits per heavy atom. The number of aliphatic imine (C=N–C) groups is 1. The fourth-order valence-electron chi connectivity index (χ4n) is 6.85. The average molecular weight is 740 g/mol. The van der Waals surface area contributed by atoms with E-state index in [1.165, 1.54) is 22.7 Å². The fraction of sp³-hybridized carbons (Fsp3) is 0.395. The van der Waals surface area contributed by atoms with Gasteiger partial charge in [-0.05, 0) is 43.2 Å². The molecule has 2 aromatic carbocycles. The van der Waals surface area contributed by atoms with Gasteiger partial charge in [-0.25, -0.2) is 15.0 Å². The minimum Gasteiger partial charge on any atom is -0.474 e. The van der Waals surface area contributed by atoms with E-state index < -0.39 is 48.1 Å². The van der Waals surface area contributed by atoms with Gasteiger partial charge in [0.05, 0.1) is 12.1 Å². The van der Waals surface area contributed by atoms with Gasteiger partial charge in [-0.1, -0.05) is 74.5 Å². The van der Waals surface area contributed by atoms with Crippen LogP contribution in [-0.4, -0.2) is 75.2 Å². The van der Waals surface area contributed by atoms with Crippen LogP contribution in [0.1, 0.15) is 87.8 Å². The summed E-state index contributed by atoms with van der Waals surface area (Å²) >= 11 is 2.57. The predicted molar refractivity (Wildman–Crippen MR) is 198 cm³/mol. The Kier molecular flexibility index (Phi) is 10.5. The van der Waals surface area contributed by atoms with E-state index in [-0.39, 0.29) is 35.5 Å². The van der Waals surface area contributed by atoms with E-state index >= 15 is 0 Å². The molecule has 4 aromatic rings. The Hall–Kier alpha value is -4.95. The van der Waals surface area contributed by atoms with Crippen LogP contribution in [0, 0.1) is 5.92 Å². The van der Waals surface area contributed by atoms with Crippen molar-refractivity contribution in [2.75, 3.05) is 6.54 Å². The van der Waals surface area contributed by atoms with Crippen LogP contribution in [0.2, 0.25) is 0 Å². The van der Waals surface area contributed by atoms with E-state index in [1.54, 1.807) is 22.6 Å². The largest absolute Gasteiger partial charge is 0.474 e. The number of fused-ring (bicyclic) bond motifs is 7. The molecule has 0 radical (unpaired) electrons. The molecule has 7 rings (SSSR count). The van der Waals surface area contributed by atoms with Crippen molar-refractivity contribution in [2.24, 2.45) is 10.9 Å². The van der Waals surface area contributed by atoms with Crippen LogP contribution in [0.15, 0.2) is 76.4 Å². The number of ether oxygens (including phenoxy) is 1. The molecule has 6 bridgehead atoms. The Bertz CT molecular complexity index is 1960. The third-order valence-electron chi connectivity index (χ3n) is 9.62. The molecule has 14 heteroatoms. The van der Waals surface area contributed by atoms with Gasteiger partial charge in [0, 0.05) is 23.7 Å². The summed E-state index contributed by atoms with van der Waals surface area (Å²) in [5.74, 6) is -1.17. The average Bonchev–Trinajstić information content (AvgIpc) is 3.97. The van der Waals surface area contributed by atoms with Crippen molar-refractivity contribution in [3.8, 4) is 0 Å². The summed E-state index contributed by atoms with van der Waals surface area (Å²) < 4.78 is 6.19.